The molecule has 146 valence electrons. The Morgan fingerprint density at radius 3 is 2.52 bits per heavy atom. The molecule has 0 aliphatic heterocycles. The zero-order chi connectivity index (χ0) is 20.5. The molecule has 2 N–H and O–H groups in total. The number of nitrogens with zero attached hydrogens (tertiary/aromatic N) is 2. The van der Waals surface area contributed by atoms with Gasteiger partial charge in [-0.15, -0.1) is 11.3 Å². The van der Waals surface area contributed by atoms with Crippen molar-refractivity contribution < 1.29 is 9.59 Å². The van der Waals surface area contributed by atoms with E-state index in [9.17, 15) is 9.59 Å². The van der Waals surface area contributed by atoms with E-state index in [2.05, 4.69) is 15.8 Å². The van der Waals surface area contributed by atoms with E-state index in [1.807, 2.05) is 41.9 Å². The maximum Gasteiger partial charge on any atom is 0.279 e. The number of imidazole rings is 1. The summed E-state index contributed by atoms with van der Waals surface area (Å²) in [7, 11) is 1.93. The molecule has 0 aliphatic rings. The normalized spacial score (nSPS) is 10.9. The highest BCUT2D eigenvalue weighted by molar-refractivity contribution is 7.17. The van der Waals surface area contributed by atoms with Gasteiger partial charge >= 0.3 is 0 Å². The number of halogens is 2. The van der Waals surface area contributed by atoms with Crippen LogP contribution in [0.3, 0.4) is 0 Å². The Balaban J connectivity index is 1.48. The number of hydrogen-bond donors (Lipinski definition) is 2. The van der Waals surface area contributed by atoms with Crippen LogP contribution in [0.25, 0.3) is 21.7 Å². The van der Waals surface area contributed by atoms with E-state index in [1.165, 1.54) is 23.5 Å². The summed E-state index contributed by atoms with van der Waals surface area (Å²) in [4.78, 5) is 30.6. The molecule has 2 aromatic heterocycles. The van der Waals surface area contributed by atoms with Crippen LogP contribution in [0.1, 0.15) is 20.0 Å². The topological polar surface area (TPSA) is 76.0 Å². The molecule has 0 aliphatic carbocycles. The summed E-state index contributed by atoms with van der Waals surface area (Å²) < 4.78 is 1.98. The number of carbonyl (C=O) groups excluding carboxylic acids is 2. The summed E-state index contributed by atoms with van der Waals surface area (Å²) in [6.07, 6.45) is 0. The number of para-hydroxylation sites is 2. The maximum absolute atomic E-state index is 12.4. The maximum atomic E-state index is 12.4. The monoisotopic (exact) mass is 444 g/mol. The van der Waals surface area contributed by atoms with Crippen molar-refractivity contribution in [2.75, 3.05) is 0 Å². The fraction of sp³-hybridized carbons (Fsp3) is 0.0500. The first-order valence-corrected chi connectivity index (χ1v) is 10.1. The molecule has 2 heterocycles. The minimum Gasteiger partial charge on any atom is -0.326 e. The summed E-state index contributed by atoms with van der Waals surface area (Å²) in [5, 5.41) is 0.619. The second-order valence-electron chi connectivity index (χ2n) is 6.18. The number of rotatable bonds is 3. The molecule has 4 rings (SSSR count). The lowest BCUT2D eigenvalue weighted by atomic mass is 10.2. The van der Waals surface area contributed by atoms with Crippen LogP contribution in [0.2, 0.25) is 10.0 Å². The molecular weight excluding hydrogens is 431 g/mol. The van der Waals surface area contributed by atoms with E-state index in [4.69, 9.17) is 23.2 Å². The minimum absolute atomic E-state index is 0.199. The van der Waals surface area contributed by atoms with Crippen LogP contribution in [-0.4, -0.2) is 21.4 Å². The summed E-state index contributed by atoms with van der Waals surface area (Å²) in [6, 6.07) is 15.8. The van der Waals surface area contributed by atoms with Crippen LogP contribution in [0.5, 0.6) is 0 Å². The number of hydrogen-bond acceptors (Lipinski definition) is 4. The third kappa shape index (κ3) is 3.85. The summed E-state index contributed by atoms with van der Waals surface area (Å²) in [5.74, 6) is -0.196. The molecule has 0 bridgehead atoms. The molecule has 9 heteroatoms. The van der Waals surface area contributed by atoms with Crippen LogP contribution in [0, 0.1) is 0 Å². The van der Waals surface area contributed by atoms with E-state index < -0.39 is 11.8 Å². The molecule has 0 saturated heterocycles. The average Bonchev–Trinajstić information content (AvgIpc) is 3.31. The van der Waals surface area contributed by atoms with Gasteiger partial charge in [0.2, 0.25) is 0 Å². The van der Waals surface area contributed by atoms with Gasteiger partial charge in [-0.1, -0.05) is 35.3 Å². The molecule has 0 fully saturated rings. The van der Waals surface area contributed by atoms with Gasteiger partial charge in [-0.2, -0.15) is 0 Å². The Bertz CT molecular complexity index is 1250. The summed E-state index contributed by atoms with van der Waals surface area (Å²) in [6.45, 7) is 0. The fourth-order valence-electron chi connectivity index (χ4n) is 2.86. The van der Waals surface area contributed by atoms with Gasteiger partial charge in [0.05, 0.1) is 31.4 Å². The van der Waals surface area contributed by atoms with Crippen molar-refractivity contribution in [2.24, 2.45) is 7.05 Å². The van der Waals surface area contributed by atoms with Crippen molar-refractivity contribution in [2.45, 2.75) is 0 Å². The van der Waals surface area contributed by atoms with E-state index in [0.717, 1.165) is 21.7 Å². The fourth-order valence-corrected chi connectivity index (χ4v) is 4.28. The molecule has 0 spiro atoms. The second kappa shape index (κ2) is 7.87. The lowest BCUT2D eigenvalue weighted by Crippen LogP contribution is -2.41. The van der Waals surface area contributed by atoms with Gasteiger partial charge in [0, 0.05) is 12.1 Å². The summed E-state index contributed by atoms with van der Waals surface area (Å²) in [5.41, 5.74) is 6.86. The Morgan fingerprint density at radius 2 is 1.76 bits per heavy atom. The SMILES string of the molecule is Cn1c(-c2ccc(C(=O)NNC(=O)c3ccc(Cl)cc3Cl)s2)nc2ccccc21. The van der Waals surface area contributed by atoms with Crippen LogP contribution in [-0.2, 0) is 7.05 Å². The van der Waals surface area contributed by atoms with Gasteiger partial charge in [-0.25, -0.2) is 4.98 Å². The van der Waals surface area contributed by atoms with Gasteiger partial charge in [0.25, 0.3) is 11.8 Å². The molecule has 2 aromatic carbocycles. The first kappa shape index (κ1) is 19.4. The smallest absolute Gasteiger partial charge is 0.279 e. The van der Waals surface area contributed by atoms with E-state index in [-0.39, 0.29) is 10.6 Å². The van der Waals surface area contributed by atoms with Crippen molar-refractivity contribution in [1.29, 1.82) is 0 Å². The van der Waals surface area contributed by atoms with Crippen molar-refractivity contribution >= 4 is 57.4 Å². The highest BCUT2D eigenvalue weighted by atomic mass is 35.5. The molecule has 6 nitrogen and oxygen atoms in total. The van der Waals surface area contributed by atoms with E-state index >= 15 is 0 Å². The van der Waals surface area contributed by atoms with E-state index in [0.29, 0.717) is 9.90 Å². The standard InChI is InChI=1S/C20H14Cl2N4O2S/c1-26-15-5-3-2-4-14(15)23-18(26)16-8-9-17(29-16)20(28)25-24-19(27)12-7-6-11(21)10-13(12)22/h2-10H,1H3,(H,24,27)(H,25,28). The van der Waals surface area contributed by atoms with E-state index in [1.54, 1.807) is 12.1 Å². The molecular formula is C20H14Cl2N4O2S. The Labute approximate surface area is 180 Å². The molecule has 0 atom stereocenters. The molecule has 0 saturated carbocycles. The number of hydrazine groups is 1. The Hall–Kier alpha value is -2.87. The third-order valence-electron chi connectivity index (χ3n) is 4.30. The number of aromatic nitrogens is 2. The number of fused-ring (bicyclic) bond motifs is 1. The minimum atomic E-state index is -0.535. The zero-order valence-electron chi connectivity index (χ0n) is 15.1. The number of aryl methyl sites for hydroxylation is 1. The predicted octanol–water partition coefficient (Wildman–Crippen LogP) is 4.68. The largest absolute Gasteiger partial charge is 0.326 e. The number of carbonyl (C=O) groups is 2. The molecule has 2 amide bonds. The predicted molar refractivity (Wildman–Crippen MR) is 115 cm³/mol. The zero-order valence-corrected chi connectivity index (χ0v) is 17.4. The second-order valence-corrected chi connectivity index (χ2v) is 8.11. The Morgan fingerprint density at radius 1 is 1.00 bits per heavy atom. The van der Waals surface area contributed by atoms with Crippen molar-refractivity contribution in [3.05, 3.63) is 75.1 Å². The Kier molecular flexibility index (Phi) is 5.27. The number of thiophene rings is 1. The van der Waals surface area contributed by atoms with Crippen LogP contribution in [0.4, 0.5) is 0 Å². The van der Waals surface area contributed by atoms with Crippen molar-refractivity contribution in [3.8, 4) is 10.7 Å². The molecule has 29 heavy (non-hydrogen) atoms. The lowest BCUT2D eigenvalue weighted by molar-refractivity contribution is 0.0849. The molecule has 0 unspecified atom stereocenters. The average molecular weight is 445 g/mol. The molecule has 0 radical (unpaired) electrons. The highest BCUT2D eigenvalue weighted by Crippen LogP contribution is 2.29. The third-order valence-corrected chi connectivity index (χ3v) is 5.93. The highest BCUT2D eigenvalue weighted by Gasteiger charge is 2.16. The molecule has 4 aromatic rings. The van der Waals surface area contributed by atoms with Gasteiger partial charge in [-0.3, -0.25) is 20.4 Å². The number of nitrogens with one attached hydrogen (secondary N) is 2. The quantitative estimate of drug-likeness (QED) is 0.450. The first-order chi connectivity index (χ1) is 13.9. The summed E-state index contributed by atoms with van der Waals surface area (Å²) >= 11 is 13.1. The van der Waals surface area contributed by atoms with Crippen molar-refractivity contribution in [3.63, 3.8) is 0 Å². The van der Waals surface area contributed by atoms with Crippen LogP contribution in [0.15, 0.2) is 54.6 Å². The van der Waals surface area contributed by atoms with Crippen molar-refractivity contribution in [1.82, 2.24) is 20.4 Å². The van der Waals surface area contributed by atoms with Gasteiger partial charge in [0.1, 0.15) is 0 Å². The lowest BCUT2D eigenvalue weighted by Gasteiger charge is -2.07. The van der Waals surface area contributed by atoms with Gasteiger partial charge in [0.15, 0.2) is 5.82 Å². The van der Waals surface area contributed by atoms with Gasteiger partial charge in [-0.05, 0) is 42.5 Å². The van der Waals surface area contributed by atoms with Gasteiger partial charge < -0.3 is 4.57 Å². The number of amides is 2. The number of benzene rings is 2. The van der Waals surface area contributed by atoms with Crippen LogP contribution < -0.4 is 10.9 Å². The first-order valence-electron chi connectivity index (χ1n) is 8.51. The van der Waals surface area contributed by atoms with Crippen LogP contribution >= 0.6 is 34.5 Å².